The van der Waals surface area contributed by atoms with E-state index in [9.17, 15) is 4.79 Å². The third-order valence-corrected chi connectivity index (χ3v) is 7.06. The zero-order valence-corrected chi connectivity index (χ0v) is 22.9. The number of fused-ring (bicyclic) bond motifs is 3. The number of rotatable bonds is 3. The minimum Gasteiger partial charge on any atom is -0.459 e. The number of esters is 1. The fourth-order valence-corrected chi connectivity index (χ4v) is 5.65. The van der Waals surface area contributed by atoms with Crippen LogP contribution >= 0.6 is 34.8 Å². The molecule has 0 unspecified atom stereocenters. The highest BCUT2D eigenvalue weighted by Gasteiger charge is 2.62. The first-order chi connectivity index (χ1) is 16.8. The van der Waals surface area contributed by atoms with Crippen molar-refractivity contribution in [2.75, 3.05) is 6.61 Å². The predicted octanol–water partition coefficient (Wildman–Crippen LogP) is 6.83. The van der Waals surface area contributed by atoms with Gasteiger partial charge in [0.1, 0.15) is 12.4 Å². The largest absolute Gasteiger partial charge is 0.459 e. The smallest absolute Gasteiger partial charge is 0.338 e. The molecule has 3 atom stereocenters. The number of alkyl halides is 3. The van der Waals surface area contributed by atoms with Crippen molar-refractivity contribution < 1.29 is 28.5 Å². The summed E-state index contributed by atoms with van der Waals surface area (Å²) >= 11 is 17.2. The van der Waals surface area contributed by atoms with Gasteiger partial charge in [-0.1, -0.05) is 72.9 Å². The molecule has 2 heterocycles. The van der Waals surface area contributed by atoms with Crippen LogP contribution in [0.4, 0.5) is 0 Å². The van der Waals surface area contributed by atoms with Gasteiger partial charge in [0.15, 0.2) is 11.9 Å². The highest BCUT2D eigenvalue weighted by atomic mass is 35.6. The topological polar surface area (TPSA) is 63.2 Å². The van der Waals surface area contributed by atoms with E-state index in [0.29, 0.717) is 24.2 Å². The molecule has 2 aliphatic heterocycles. The van der Waals surface area contributed by atoms with E-state index in [0.717, 1.165) is 23.3 Å². The van der Waals surface area contributed by atoms with Crippen LogP contribution in [0.25, 0.3) is 11.1 Å². The van der Waals surface area contributed by atoms with Crippen LogP contribution in [0.15, 0.2) is 42.5 Å². The molecule has 0 amide bonds. The lowest BCUT2D eigenvalue weighted by atomic mass is 9.71. The van der Waals surface area contributed by atoms with Gasteiger partial charge in [0.2, 0.25) is 9.58 Å². The molecule has 0 radical (unpaired) electrons. The Kier molecular flexibility index (Phi) is 6.55. The fraction of sp³-hybridized carbons (Fsp3) is 0.519. The molecule has 2 fully saturated rings. The van der Waals surface area contributed by atoms with E-state index in [4.69, 9.17) is 58.5 Å². The average molecular weight is 556 g/mol. The first-order valence-corrected chi connectivity index (χ1v) is 13.0. The van der Waals surface area contributed by atoms with Crippen molar-refractivity contribution in [3.8, 4) is 16.9 Å². The van der Waals surface area contributed by atoms with Gasteiger partial charge in [0.25, 0.3) is 0 Å². The molecule has 3 aliphatic rings. The van der Waals surface area contributed by atoms with Gasteiger partial charge >= 0.3 is 5.97 Å². The van der Waals surface area contributed by atoms with Crippen molar-refractivity contribution in [3.05, 3.63) is 53.6 Å². The van der Waals surface area contributed by atoms with E-state index >= 15 is 0 Å². The van der Waals surface area contributed by atoms with Gasteiger partial charge in [0.05, 0.1) is 18.3 Å². The molecule has 0 aromatic heterocycles. The predicted molar refractivity (Wildman–Crippen MR) is 137 cm³/mol. The van der Waals surface area contributed by atoms with Crippen LogP contribution < -0.4 is 4.74 Å². The maximum Gasteiger partial charge on any atom is 0.338 e. The Labute approximate surface area is 226 Å². The molecule has 2 aromatic rings. The lowest BCUT2D eigenvalue weighted by Gasteiger charge is -2.50. The van der Waals surface area contributed by atoms with Crippen LogP contribution in [0.2, 0.25) is 0 Å². The molecule has 1 saturated heterocycles. The second-order valence-electron chi connectivity index (χ2n) is 10.9. The number of halogens is 3. The summed E-state index contributed by atoms with van der Waals surface area (Å²) in [6.07, 6.45) is 1.10. The van der Waals surface area contributed by atoms with Gasteiger partial charge in [-0.2, -0.15) is 0 Å². The van der Waals surface area contributed by atoms with E-state index in [1.807, 2.05) is 44.2 Å². The summed E-state index contributed by atoms with van der Waals surface area (Å²) in [4.78, 5) is 12.7. The van der Waals surface area contributed by atoms with Crippen LogP contribution in [-0.2, 0) is 25.6 Å². The van der Waals surface area contributed by atoms with Gasteiger partial charge in [-0.15, -0.1) is 0 Å². The standard InChI is InChI=1S/C27H29Cl3O6/c1-24(2)12-21-22(36-25(3,4)34-21)26(14-24)33-13-17-11-16(9-10-20(17)35-26)18-7-5-6-8-19(18)23(31)32-15-27(28,29)30/h5-11,21-22H,12-15H2,1-4H3/t21-,22-,26-/m1/s1. The minimum absolute atomic E-state index is 0.0472. The molecule has 6 nitrogen and oxygen atoms in total. The Balaban J connectivity index is 1.43. The Morgan fingerprint density at radius 1 is 1.08 bits per heavy atom. The third kappa shape index (κ3) is 5.22. The van der Waals surface area contributed by atoms with E-state index in [1.54, 1.807) is 12.1 Å². The maximum atomic E-state index is 12.7. The van der Waals surface area contributed by atoms with Crippen LogP contribution in [-0.4, -0.2) is 40.2 Å². The SMILES string of the molecule is CC1(C)C[C@H]2OC(C)(C)O[C@H]2[C@]2(C1)OCc1cc(-c3ccccc3C(=O)OCC(Cl)(Cl)Cl)ccc1O2. The molecule has 0 N–H and O–H groups in total. The van der Waals surface area contributed by atoms with Crippen molar-refractivity contribution in [3.63, 3.8) is 0 Å². The van der Waals surface area contributed by atoms with Gasteiger partial charge in [0, 0.05) is 12.0 Å². The summed E-state index contributed by atoms with van der Waals surface area (Å²) in [7, 11) is 0. The van der Waals surface area contributed by atoms with Crippen molar-refractivity contribution in [1.82, 2.24) is 0 Å². The summed E-state index contributed by atoms with van der Waals surface area (Å²) in [5.74, 6) is -1.48. The van der Waals surface area contributed by atoms with E-state index < -0.39 is 21.3 Å². The molecule has 36 heavy (non-hydrogen) atoms. The van der Waals surface area contributed by atoms with E-state index in [1.165, 1.54) is 0 Å². The molecule has 0 bridgehead atoms. The van der Waals surface area contributed by atoms with Crippen molar-refractivity contribution >= 4 is 40.8 Å². The number of ether oxygens (including phenoxy) is 5. The third-order valence-electron chi connectivity index (χ3n) is 6.74. The number of hydrogen-bond donors (Lipinski definition) is 0. The fourth-order valence-electron chi connectivity index (χ4n) is 5.48. The molecular weight excluding hydrogens is 527 g/mol. The second kappa shape index (κ2) is 9.04. The van der Waals surface area contributed by atoms with E-state index in [2.05, 4.69) is 13.8 Å². The Hall–Kier alpha value is -1.54. The number of carbonyl (C=O) groups is 1. The lowest BCUT2D eigenvalue weighted by molar-refractivity contribution is -0.295. The lowest BCUT2D eigenvalue weighted by Crippen LogP contribution is -2.61. The first-order valence-electron chi connectivity index (χ1n) is 11.9. The number of benzene rings is 2. The Bertz CT molecular complexity index is 1170. The van der Waals surface area contributed by atoms with Crippen LogP contribution in [0.1, 0.15) is 56.5 Å². The maximum absolute atomic E-state index is 12.7. The summed E-state index contributed by atoms with van der Waals surface area (Å²) in [5, 5.41) is 0. The summed E-state index contributed by atoms with van der Waals surface area (Å²) < 4.78 is 29.1. The number of hydrogen-bond acceptors (Lipinski definition) is 6. The molecule has 2 aromatic carbocycles. The molecule has 194 valence electrons. The molecule has 1 spiro atoms. The normalized spacial score (nSPS) is 28.2. The molecule has 1 aliphatic carbocycles. The van der Waals surface area contributed by atoms with Gasteiger partial charge < -0.3 is 23.7 Å². The van der Waals surface area contributed by atoms with Gasteiger partial charge in [-0.05, 0) is 55.0 Å². The minimum atomic E-state index is -1.68. The zero-order valence-electron chi connectivity index (χ0n) is 20.6. The first kappa shape index (κ1) is 26.1. The van der Waals surface area contributed by atoms with Crippen molar-refractivity contribution in [2.45, 2.75) is 74.7 Å². The number of carbonyl (C=O) groups excluding carboxylic acids is 1. The highest BCUT2D eigenvalue weighted by molar-refractivity contribution is 6.67. The van der Waals surface area contributed by atoms with Gasteiger partial charge in [-0.25, -0.2) is 4.79 Å². The van der Waals surface area contributed by atoms with Crippen molar-refractivity contribution in [2.24, 2.45) is 5.41 Å². The monoisotopic (exact) mass is 554 g/mol. The van der Waals surface area contributed by atoms with Crippen LogP contribution in [0.5, 0.6) is 5.75 Å². The molecular formula is C27H29Cl3O6. The van der Waals surface area contributed by atoms with Gasteiger partial charge in [-0.3, -0.25) is 0 Å². The second-order valence-corrected chi connectivity index (χ2v) is 13.4. The van der Waals surface area contributed by atoms with Crippen molar-refractivity contribution in [1.29, 1.82) is 0 Å². The van der Waals surface area contributed by atoms with Crippen LogP contribution in [0.3, 0.4) is 0 Å². The van der Waals surface area contributed by atoms with Crippen LogP contribution in [0, 0.1) is 5.41 Å². The molecule has 9 heteroatoms. The Morgan fingerprint density at radius 2 is 1.83 bits per heavy atom. The Morgan fingerprint density at radius 3 is 2.58 bits per heavy atom. The zero-order chi connectivity index (χ0) is 25.9. The average Bonchev–Trinajstić information content (AvgIpc) is 3.10. The van der Waals surface area contributed by atoms with E-state index in [-0.39, 0.29) is 24.2 Å². The molecule has 1 saturated carbocycles. The summed E-state index contributed by atoms with van der Waals surface area (Å²) in [6, 6.07) is 12.9. The summed E-state index contributed by atoms with van der Waals surface area (Å²) in [5.41, 5.74) is 2.72. The molecule has 5 rings (SSSR count). The quantitative estimate of drug-likeness (QED) is 0.306. The highest BCUT2D eigenvalue weighted by Crippen LogP contribution is 2.53. The summed E-state index contributed by atoms with van der Waals surface area (Å²) in [6.45, 7) is 8.23.